The highest BCUT2D eigenvalue weighted by Crippen LogP contribution is 2.16. The molecule has 0 spiro atoms. The summed E-state index contributed by atoms with van der Waals surface area (Å²) < 4.78 is 0. The average Bonchev–Trinajstić information content (AvgIpc) is 2.83. The Bertz CT molecular complexity index is 482. The molecule has 0 aliphatic carbocycles. The van der Waals surface area contributed by atoms with Gasteiger partial charge in [-0.3, -0.25) is 9.78 Å². The molecular weight excluding hydrogens is 222 g/mol. The Balaban J connectivity index is 2.18. The van der Waals surface area contributed by atoms with Crippen molar-refractivity contribution in [1.29, 1.82) is 0 Å². The first-order chi connectivity index (χ1) is 7.81. The van der Waals surface area contributed by atoms with Crippen LogP contribution in [-0.4, -0.2) is 10.9 Å². The molecule has 0 fully saturated rings. The Kier molecular flexibility index (Phi) is 3.28. The van der Waals surface area contributed by atoms with E-state index in [0.717, 1.165) is 11.3 Å². The number of nitrogens with one attached hydrogen (secondary N) is 1. The molecule has 0 unspecified atom stereocenters. The van der Waals surface area contributed by atoms with Gasteiger partial charge in [-0.05, 0) is 11.6 Å². The van der Waals surface area contributed by atoms with Crippen LogP contribution in [0.4, 0.5) is 5.69 Å². The highest BCUT2D eigenvalue weighted by atomic mass is 32.1. The van der Waals surface area contributed by atoms with Gasteiger partial charge >= 0.3 is 0 Å². The van der Waals surface area contributed by atoms with Crippen LogP contribution in [0.2, 0.25) is 0 Å². The van der Waals surface area contributed by atoms with Crippen LogP contribution in [0.25, 0.3) is 0 Å². The first kappa shape index (κ1) is 10.8. The average molecular weight is 233 g/mol. The topological polar surface area (TPSA) is 68.0 Å². The van der Waals surface area contributed by atoms with E-state index in [1.807, 2.05) is 24.3 Å². The number of rotatable bonds is 3. The molecule has 2 aromatic rings. The van der Waals surface area contributed by atoms with Gasteiger partial charge in [0.25, 0.3) is 5.91 Å². The van der Waals surface area contributed by atoms with E-state index >= 15 is 0 Å². The molecule has 2 rings (SSSR count). The maximum atomic E-state index is 11.8. The predicted octanol–water partition coefficient (Wildman–Crippen LogP) is 1.85. The monoisotopic (exact) mass is 233 g/mol. The smallest absolute Gasteiger partial charge is 0.267 e. The number of amides is 1. The van der Waals surface area contributed by atoms with E-state index in [-0.39, 0.29) is 5.91 Å². The zero-order chi connectivity index (χ0) is 11.4. The fourth-order valence-electron chi connectivity index (χ4n) is 1.33. The maximum absolute atomic E-state index is 11.8. The summed E-state index contributed by atoms with van der Waals surface area (Å²) in [6.07, 6.45) is 1.55. The lowest BCUT2D eigenvalue weighted by atomic mass is 10.2. The first-order valence-corrected chi connectivity index (χ1v) is 5.67. The summed E-state index contributed by atoms with van der Waals surface area (Å²) in [5.41, 5.74) is 8.88. The zero-order valence-corrected chi connectivity index (χ0v) is 9.33. The SMILES string of the molecule is NCc1ccccc1NC(=O)c1cncs1. The van der Waals surface area contributed by atoms with Crippen LogP contribution in [0.5, 0.6) is 0 Å². The van der Waals surface area contributed by atoms with Gasteiger partial charge in [0.15, 0.2) is 0 Å². The third kappa shape index (κ3) is 2.26. The van der Waals surface area contributed by atoms with E-state index in [0.29, 0.717) is 11.4 Å². The van der Waals surface area contributed by atoms with E-state index in [1.54, 1.807) is 11.7 Å². The number of aromatic nitrogens is 1. The van der Waals surface area contributed by atoms with Crippen LogP contribution < -0.4 is 11.1 Å². The van der Waals surface area contributed by atoms with Crippen LogP contribution >= 0.6 is 11.3 Å². The van der Waals surface area contributed by atoms with Crippen molar-refractivity contribution < 1.29 is 4.79 Å². The molecule has 5 heteroatoms. The van der Waals surface area contributed by atoms with E-state index in [9.17, 15) is 4.79 Å². The summed E-state index contributed by atoms with van der Waals surface area (Å²) in [4.78, 5) is 16.2. The summed E-state index contributed by atoms with van der Waals surface area (Å²) in [5, 5.41) is 2.82. The van der Waals surface area contributed by atoms with Gasteiger partial charge in [0.05, 0.1) is 11.7 Å². The van der Waals surface area contributed by atoms with Crippen molar-refractivity contribution in [2.24, 2.45) is 5.73 Å². The molecule has 0 aliphatic rings. The summed E-state index contributed by atoms with van der Waals surface area (Å²) in [7, 11) is 0. The summed E-state index contributed by atoms with van der Waals surface area (Å²) in [6.45, 7) is 0.402. The van der Waals surface area contributed by atoms with Gasteiger partial charge in [0.2, 0.25) is 0 Å². The molecule has 4 nitrogen and oxygen atoms in total. The number of hydrogen-bond acceptors (Lipinski definition) is 4. The lowest BCUT2D eigenvalue weighted by Crippen LogP contribution is -2.12. The molecule has 0 atom stereocenters. The summed E-state index contributed by atoms with van der Waals surface area (Å²) in [5.74, 6) is -0.150. The number of nitrogens with zero attached hydrogens (tertiary/aromatic N) is 1. The minimum absolute atomic E-state index is 0.150. The molecule has 0 aliphatic heterocycles. The zero-order valence-electron chi connectivity index (χ0n) is 8.51. The number of anilines is 1. The van der Waals surface area contributed by atoms with Gasteiger partial charge in [-0.25, -0.2) is 0 Å². The lowest BCUT2D eigenvalue weighted by Gasteiger charge is -2.07. The quantitative estimate of drug-likeness (QED) is 0.850. The van der Waals surface area contributed by atoms with Crippen molar-refractivity contribution in [3.63, 3.8) is 0 Å². The fraction of sp³-hybridized carbons (Fsp3) is 0.0909. The number of hydrogen-bond donors (Lipinski definition) is 2. The maximum Gasteiger partial charge on any atom is 0.267 e. The van der Waals surface area contributed by atoms with Gasteiger partial charge in [-0.15, -0.1) is 11.3 Å². The number of benzene rings is 1. The van der Waals surface area contributed by atoms with Gasteiger partial charge in [-0.2, -0.15) is 0 Å². The van der Waals surface area contributed by atoms with Crippen molar-refractivity contribution in [3.05, 3.63) is 46.4 Å². The Hall–Kier alpha value is -1.72. The molecule has 16 heavy (non-hydrogen) atoms. The second-order valence-electron chi connectivity index (χ2n) is 3.18. The Morgan fingerprint density at radius 2 is 2.25 bits per heavy atom. The minimum Gasteiger partial charge on any atom is -0.326 e. The highest BCUT2D eigenvalue weighted by molar-refractivity contribution is 7.11. The molecule has 1 aromatic heterocycles. The molecule has 0 saturated carbocycles. The molecular formula is C11H11N3OS. The second-order valence-corrected chi connectivity index (χ2v) is 4.07. The van der Waals surface area contributed by atoms with E-state index in [4.69, 9.17) is 5.73 Å². The van der Waals surface area contributed by atoms with Crippen LogP contribution in [0.1, 0.15) is 15.2 Å². The van der Waals surface area contributed by atoms with E-state index < -0.39 is 0 Å². The number of carbonyl (C=O) groups is 1. The molecule has 82 valence electrons. The number of nitrogens with two attached hydrogens (primary N) is 1. The van der Waals surface area contributed by atoms with Crippen LogP contribution in [0, 0.1) is 0 Å². The highest BCUT2D eigenvalue weighted by Gasteiger charge is 2.09. The van der Waals surface area contributed by atoms with Crippen molar-refractivity contribution in [3.8, 4) is 0 Å². The predicted molar refractivity (Wildman–Crippen MR) is 64.4 cm³/mol. The molecule has 1 aromatic carbocycles. The number of para-hydroxylation sites is 1. The standard InChI is InChI=1S/C11H11N3OS/c12-5-8-3-1-2-4-9(8)14-11(15)10-6-13-7-16-10/h1-4,6-7H,5,12H2,(H,14,15). The number of thiazole rings is 1. The van der Waals surface area contributed by atoms with Gasteiger partial charge in [-0.1, -0.05) is 18.2 Å². The molecule has 0 radical (unpaired) electrons. The first-order valence-electron chi connectivity index (χ1n) is 4.79. The molecule has 0 saturated heterocycles. The third-order valence-electron chi connectivity index (χ3n) is 2.14. The molecule has 3 N–H and O–H groups in total. The number of carbonyl (C=O) groups excluding carboxylic acids is 1. The third-order valence-corrected chi connectivity index (χ3v) is 2.91. The lowest BCUT2D eigenvalue weighted by molar-refractivity contribution is 0.103. The largest absolute Gasteiger partial charge is 0.326 e. The second kappa shape index (κ2) is 4.87. The Morgan fingerprint density at radius 1 is 1.44 bits per heavy atom. The van der Waals surface area contributed by atoms with Gasteiger partial charge in [0, 0.05) is 12.2 Å². The fourth-order valence-corrected chi connectivity index (χ4v) is 1.85. The van der Waals surface area contributed by atoms with Crippen LogP contribution in [0.15, 0.2) is 36.0 Å². The molecule has 1 amide bonds. The Morgan fingerprint density at radius 3 is 2.94 bits per heavy atom. The Labute approximate surface area is 97.1 Å². The van der Waals surface area contributed by atoms with Crippen molar-refractivity contribution in [2.45, 2.75) is 6.54 Å². The van der Waals surface area contributed by atoms with Crippen molar-refractivity contribution in [2.75, 3.05) is 5.32 Å². The van der Waals surface area contributed by atoms with E-state index in [2.05, 4.69) is 10.3 Å². The summed E-state index contributed by atoms with van der Waals surface area (Å²) in [6, 6.07) is 7.48. The van der Waals surface area contributed by atoms with Crippen LogP contribution in [0.3, 0.4) is 0 Å². The summed E-state index contributed by atoms with van der Waals surface area (Å²) >= 11 is 1.31. The van der Waals surface area contributed by atoms with Crippen molar-refractivity contribution in [1.82, 2.24) is 4.98 Å². The minimum atomic E-state index is -0.150. The molecule has 1 heterocycles. The molecule has 0 bridgehead atoms. The van der Waals surface area contributed by atoms with Crippen molar-refractivity contribution >= 4 is 22.9 Å². The van der Waals surface area contributed by atoms with Crippen LogP contribution in [-0.2, 0) is 6.54 Å². The normalized spacial score (nSPS) is 10.1. The van der Waals surface area contributed by atoms with Gasteiger partial charge in [0.1, 0.15) is 4.88 Å². The van der Waals surface area contributed by atoms with Gasteiger partial charge < -0.3 is 11.1 Å². The van der Waals surface area contributed by atoms with E-state index in [1.165, 1.54) is 11.3 Å².